The van der Waals surface area contributed by atoms with Crippen LogP contribution in [-0.4, -0.2) is 17.3 Å². The van der Waals surface area contributed by atoms with Crippen LogP contribution in [-0.2, 0) is 24.2 Å². The van der Waals surface area contributed by atoms with Crippen molar-refractivity contribution in [3.05, 3.63) is 125 Å². The molecule has 0 fully saturated rings. The molecule has 0 spiro atoms. The van der Waals surface area contributed by atoms with Crippen molar-refractivity contribution in [3.8, 4) is 16.8 Å². The number of aromatic nitrogens is 1. The number of rotatable bonds is 2. The Morgan fingerprint density at radius 1 is 0.737 bits per heavy atom. The molecule has 194 valence electrons. The molecule has 0 atom stereocenters. The fraction of sp³-hybridized carbons (Fsp3) is 0.152. The number of nitrogens with zero attached hydrogens (tertiary/aromatic N) is 1. The summed E-state index contributed by atoms with van der Waals surface area (Å²) in [4.78, 5) is 0. The van der Waals surface area contributed by atoms with Crippen LogP contribution < -0.4 is 0 Å². The Morgan fingerprint density at radius 3 is 1.97 bits per heavy atom. The molecule has 1 aliphatic carbocycles. The van der Waals surface area contributed by atoms with E-state index in [2.05, 4.69) is 142 Å². The van der Waals surface area contributed by atoms with Crippen LogP contribution >= 0.6 is 24.8 Å². The van der Waals surface area contributed by atoms with E-state index in [1.54, 1.807) is 0 Å². The summed E-state index contributed by atoms with van der Waals surface area (Å²) in [5, 5.41) is 2.69. The Hall–Kier alpha value is -2.16. The van der Waals surface area contributed by atoms with Gasteiger partial charge in [-0.1, -0.05) is 62.0 Å². The number of hydrogen-bond acceptors (Lipinski definition) is 0. The van der Waals surface area contributed by atoms with Gasteiger partial charge in [0.05, 0.1) is 0 Å². The van der Waals surface area contributed by atoms with E-state index < -0.39 is 0 Å². The predicted octanol–water partition coefficient (Wildman–Crippen LogP) is 9.43. The first-order chi connectivity index (χ1) is 17.4. The summed E-state index contributed by atoms with van der Waals surface area (Å²) in [6, 6.07) is 34.4. The monoisotopic (exact) mass is 632 g/mol. The first-order valence-electron chi connectivity index (χ1n) is 12.3. The first kappa shape index (κ1) is 32.1. The number of hydrogen-bond donors (Lipinski definition) is 0. The van der Waals surface area contributed by atoms with Gasteiger partial charge in [-0.05, 0) is 5.56 Å². The Kier molecular flexibility index (Phi) is 12.5. The van der Waals surface area contributed by atoms with Crippen LogP contribution in [0, 0.1) is 13.8 Å². The summed E-state index contributed by atoms with van der Waals surface area (Å²) in [5.74, 6) is 0. The molecule has 0 saturated carbocycles. The zero-order chi connectivity index (χ0) is 25.7. The number of allylic oxidation sites excluding steroid dienone is 1. The van der Waals surface area contributed by atoms with Gasteiger partial charge in [-0.25, -0.2) is 0 Å². The van der Waals surface area contributed by atoms with E-state index in [1.165, 1.54) is 83.1 Å². The van der Waals surface area contributed by atoms with E-state index in [0.717, 1.165) is 9.52 Å². The molecule has 1 aromatic heterocycles. The minimum atomic E-state index is 0. The van der Waals surface area contributed by atoms with Crippen LogP contribution in [0.1, 0.15) is 29.4 Å². The summed E-state index contributed by atoms with van der Waals surface area (Å²) in [5.41, 5.74) is 10.7. The van der Waals surface area contributed by atoms with Crippen molar-refractivity contribution in [2.24, 2.45) is 0 Å². The largest absolute Gasteiger partial charge is 0.165 e. The third-order valence-corrected chi connectivity index (χ3v) is 7.87. The van der Waals surface area contributed by atoms with Crippen molar-refractivity contribution in [3.63, 3.8) is 0 Å². The minimum Gasteiger partial charge on any atom is -0.165 e. The van der Waals surface area contributed by atoms with E-state index in [9.17, 15) is 0 Å². The molecule has 1 heterocycles. The SMILES string of the molecule is CC1=Cc2c(cc(C)n2-c2ccccc2)[C]1=[Zr].C[Si]C.Cc1cc2c(-c3ccccc3)cccc2[cH-]1.Cl.Cl. The molecule has 1 aliphatic rings. The van der Waals surface area contributed by atoms with Crippen molar-refractivity contribution < 1.29 is 24.2 Å². The molecule has 0 bridgehead atoms. The Bertz CT molecular complexity index is 1520. The van der Waals surface area contributed by atoms with E-state index in [1.807, 2.05) is 0 Å². The quantitative estimate of drug-likeness (QED) is 0.135. The van der Waals surface area contributed by atoms with E-state index >= 15 is 0 Å². The third-order valence-electron chi connectivity index (χ3n) is 6.23. The molecule has 0 aliphatic heterocycles. The van der Waals surface area contributed by atoms with Gasteiger partial charge < -0.3 is 0 Å². The second kappa shape index (κ2) is 14.8. The van der Waals surface area contributed by atoms with Crippen LogP contribution in [0.4, 0.5) is 0 Å². The topological polar surface area (TPSA) is 4.93 Å². The molecular formula is C33H34Cl2NSiZr-. The molecule has 0 saturated heterocycles. The van der Waals surface area contributed by atoms with Gasteiger partial charge in [0, 0.05) is 9.52 Å². The average Bonchev–Trinajstić information content (AvgIpc) is 3.51. The summed E-state index contributed by atoms with van der Waals surface area (Å²) < 4.78 is 3.83. The van der Waals surface area contributed by atoms with Crippen molar-refractivity contribution in [2.45, 2.75) is 33.9 Å². The van der Waals surface area contributed by atoms with E-state index in [4.69, 9.17) is 0 Å². The van der Waals surface area contributed by atoms with Crippen LogP contribution in [0.15, 0.2) is 103 Å². The zero-order valence-electron chi connectivity index (χ0n) is 22.6. The van der Waals surface area contributed by atoms with Gasteiger partial charge in [0.2, 0.25) is 0 Å². The molecule has 6 rings (SSSR count). The second-order valence-electron chi connectivity index (χ2n) is 9.17. The number of benzene rings is 3. The molecule has 38 heavy (non-hydrogen) atoms. The van der Waals surface area contributed by atoms with Crippen molar-refractivity contribution in [2.75, 3.05) is 0 Å². The number of halogens is 2. The Morgan fingerprint density at radius 2 is 1.34 bits per heavy atom. The van der Waals surface area contributed by atoms with Crippen LogP contribution in [0.5, 0.6) is 0 Å². The zero-order valence-corrected chi connectivity index (χ0v) is 27.7. The molecule has 4 aromatic carbocycles. The number of para-hydroxylation sites is 1. The van der Waals surface area contributed by atoms with E-state index in [-0.39, 0.29) is 24.8 Å². The summed E-state index contributed by atoms with van der Waals surface area (Å²) >= 11 is 1.50. The summed E-state index contributed by atoms with van der Waals surface area (Å²) in [6.45, 7) is 10.8. The van der Waals surface area contributed by atoms with Gasteiger partial charge in [0.1, 0.15) is 0 Å². The maximum atomic E-state index is 2.34. The van der Waals surface area contributed by atoms with Crippen LogP contribution in [0.2, 0.25) is 13.1 Å². The molecule has 0 amide bonds. The van der Waals surface area contributed by atoms with Crippen molar-refractivity contribution >= 4 is 54.4 Å². The second-order valence-corrected chi connectivity index (χ2v) is 11.4. The smallest absolute Gasteiger partial charge is 0.0307 e. The standard InChI is InChI=1S/C16H13.C15H13N.C2H6Si.2ClH.Zr/c1-12-10-14-8-5-9-15(16(14)11-12)13-6-3-2-4-7-13;1-11-8-13-10-12(2)16(15(13)9-11)14-6-4-3-5-7-14;1-3-2;;;/h2-11H,1H3;3-7,9-10H,1-2H3;1-2H3;2*1H;/q-1;;;;;. The predicted molar refractivity (Wildman–Crippen MR) is 170 cm³/mol. The Labute approximate surface area is 257 Å². The van der Waals surface area contributed by atoms with Crippen LogP contribution in [0.25, 0.3) is 33.7 Å². The van der Waals surface area contributed by atoms with Gasteiger partial charge in [0.25, 0.3) is 0 Å². The van der Waals surface area contributed by atoms with E-state index in [0.29, 0.717) is 0 Å². The van der Waals surface area contributed by atoms with Gasteiger partial charge in [-0.2, -0.15) is 6.07 Å². The number of aryl methyl sites for hydroxylation is 2. The maximum Gasteiger partial charge on any atom is 0.0307 e. The maximum absolute atomic E-state index is 2.34. The molecule has 0 unspecified atom stereocenters. The van der Waals surface area contributed by atoms with Gasteiger partial charge in [0.15, 0.2) is 0 Å². The molecule has 1 nitrogen and oxygen atoms in total. The minimum absolute atomic E-state index is 0. The number of fused-ring (bicyclic) bond motifs is 2. The fourth-order valence-electron chi connectivity index (χ4n) is 4.66. The Balaban J connectivity index is 0.000000231. The molecule has 2 radical (unpaired) electrons. The van der Waals surface area contributed by atoms with Crippen molar-refractivity contribution in [1.82, 2.24) is 4.57 Å². The molecule has 5 aromatic rings. The van der Waals surface area contributed by atoms with Gasteiger partial charge in [-0.15, -0.1) is 59.3 Å². The molecule has 0 N–H and O–H groups in total. The van der Waals surface area contributed by atoms with Crippen molar-refractivity contribution in [1.29, 1.82) is 0 Å². The molecule has 5 heteroatoms. The normalized spacial score (nSPS) is 11.2. The van der Waals surface area contributed by atoms with Gasteiger partial charge >= 0.3 is 117 Å². The first-order valence-corrected chi connectivity index (χ1v) is 15.5. The molecular weight excluding hydrogens is 601 g/mol. The third kappa shape index (κ3) is 7.07. The summed E-state index contributed by atoms with van der Waals surface area (Å²) in [6.07, 6.45) is 2.30. The fourth-order valence-corrected chi connectivity index (χ4v) is 5.33. The average molecular weight is 635 g/mol. The van der Waals surface area contributed by atoms with Gasteiger partial charge in [-0.3, -0.25) is 0 Å². The van der Waals surface area contributed by atoms with Crippen LogP contribution in [0.3, 0.4) is 0 Å². The summed E-state index contributed by atoms with van der Waals surface area (Å²) in [7, 11) is 1.08.